The Kier molecular flexibility index (Phi) is 4.67. The maximum Gasteiger partial charge on any atom is 0.282 e. The van der Waals surface area contributed by atoms with Gasteiger partial charge in [0.05, 0.1) is 12.8 Å². The molecule has 0 N–H and O–H groups in total. The third-order valence-corrected chi connectivity index (χ3v) is 5.17. The highest BCUT2D eigenvalue weighted by molar-refractivity contribution is 6.33. The minimum absolute atomic E-state index is 0.195. The van der Waals surface area contributed by atoms with E-state index in [1.807, 2.05) is 73.7 Å². The molecule has 0 bridgehead atoms. The van der Waals surface area contributed by atoms with Crippen LogP contribution in [0.5, 0.6) is 17.2 Å². The normalized spacial score (nSPS) is 16.1. The molecule has 0 spiro atoms. The van der Waals surface area contributed by atoms with Gasteiger partial charge in [0.1, 0.15) is 17.3 Å². The molecule has 2 aliphatic rings. The number of hydrogen-bond acceptors (Lipinski definition) is 5. The van der Waals surface area contributed by atoms with E-state index in [1.165, 1.54) is 0 Å². The van der Waals surface area contributed by atoms with E-state index in [0.717, 1.165) is 28.1 Å². The van der Waals surface area contributed by atoms with Crippen LogP contribution in [0.4, 0.5) is 5.69 Å². The van der Waals surface area contributed by atoms with Crippen LogP contribution in [0, 0.1) is 6.92 Å². The Morgan fingerprint density at radius 3 is 2.58 bits per heavy atom. The average Bonchev–Trinajstić information content (AvgIpc) is 3.38. The SMILES string of the molecule is COc1ccc(N2C(=O)/C(=C\c3ccc4c(c3)OCO4)N=C2c2cccc(C)c2)cc1. The van der Waals surface area contributed by atoms with Crippen molar-refractivity contribution in [2.75, 3.05) is 18.8 Å². The second-order valence-corrected chi connectivity index (χ2v) is 7.29. The average molecular weight is 412 g/mol. The zero-order chi connectivity index (χ0) is 21.4. The number of aliphatic imine (C=N–C) groups is 1. The second kappa shape index (κ2) is 7.65. The van der Waals surface area contributed by atoms with E-state index in [9.17, 15) is 4.79 Å². The third-order valence-electron chi connectivity index (χ3n) is 5.17. The van der Waals surface area contributed by atoms with E-state index < -0.39 is 0 Å². The van der Waals surface area contributed by atoms with E-state index >= 15 is 0 Å². The van der Waals surface area contributed by atoms with Crippen LogP contribution in [0.2, 0.25) is 0 Å². The molecular weight excluding hydrogens is 392 g/mol. The first-order valence-electron chi connectivity index (χ1n) is 9.88. The van der Waals surface area contributed by atoms with Crippen LogP contribution in [0.3, 0.4) is 0 Å². The summed E-state index contributed by atoms with van der Waals surface area (Å²) in [5.41, 5.74) is 3.86. The highest BCUT2D eigenvalue weighted by Crippen LogP contribution is 2.34. The molecule has 6 nitrogen and oxygen atoms in total. The summed E-state index contributed by atoms with van der Waals surface area (Å²) in [6, 6.07) is 20.9. The number of carbonyl (C=O) groups is 1. The quantitative estimate of drug-likeness (QED) is 0.589. The molecule has 0 unspecified atom stereocenters. The fraction of sp³-hybridized carbons (Fsp3) is 0.120. The van der Waals surface area contributed by atoms with E-state index in [4.69, 9.17) is 19.2 Å². The lowest BCUT2D eigenvalue weighted by molar-refractivity contribution is -0.113. The molecule has 154 valence electrons. The van der Waals surface area contributed by atoms with Gasteiger partial charge in [0.25, 0.3) is 5.91 Å². The van der Waals surface area contributed by atoms with Gasteiger partial charge in [-0.05, 0) is 61.0 Å². The molecule has 0 radical (unpaired) electrons. The number of amides is 1. The fourth-order valence-corrected chi connectivity index (χ4v) is 3.63. The number of benzene rings is 3. The minimum atomic E-state index is -0.195. The van der Waals surface area contributed by atoms with Crippen LogP contribution < -0.4 is 19.1 Å². The Labute approximate surface area is 180 Å². The van der Waals surface area contributed by atoms with Crippen molar-refractivity contribution in [3.63, 3.8) is 0 Å². The third kappa shape index (κ3) is 3.53. The molecule has 5 rings (SSSR count). The summed E-state index contributed by atoms with van der Waals surface area (Å²) >= 11 is 0. The summed E-state index contributed by atoms with van der Waals surface area (Å²) in [5, 5.41) is 0. The van der Waals surface area contributed by atoms with Crippen LogP contribution in [0.25, 0.3) is 6.08 Å². The van der Waals surface area contributed by atoms with Crippen LogP contribution in [-0.4, -0.2) is 25.6 Å². The van der Waals surface area contributed by atoms with Crippen LogP contribution in [-0.2, 0) is 4.79 Å². The summed E-state index contributed by atoms with van der Waals surface area (Å²) in [6.07, 6.45) is 1.77. The molecule has 2 aliphatic heterocycles. The van der Waals surface area contributed by atoms with Gasteiger partial charge in [-0.1, -0.05) is 29.8 Å². The lowest BCUT2D eigenvalue weighted by atomic mass is 10.1. The standard InChI is InChI=1S/C25H20N2O4/c1-16-4-3-5-18(12-16)24-26-21(13-17-6-11-22-23(14-17)31-15-30-22)25(28)27(24)19-7-9-20(29-2)10-8-19/h3-14H,15H2,1-2H3/b21-13+. The molecule has 0 saturated heterocycles. The fourth-order valence-electron chi connectivity index (χ4n) is 3.63. The Bertz CT molecular complexity index is 1230. The van der Waals surface area contributed by atoms with Crippen molar-refractivity contribution >= 4 is 23.5 Å². The maximum absolute atomic E-state index is 13.4. The number of methoxy groups -OCH3 is 1. The van der Waals surface area contributed by atoms with Crippen molar-refractivity contribution in [1.82, 2.24) is 0 Å². The van der Waals surface area contributed by atoms with E-state index in [0.29, 0.717) is 23.0 Å². The number of ether oxygens (including phenoxy) is 3. The van der Waals surface area contributed by atoms with Crippen molar-refractivity contribution in [2.45, 2.75) is 6.92 Å². The number of rotatable bonds is 4. The number of aryl methyl sites for hydroxylation is 1. The van der Waals surface area contributed by atoms with Crippen LogP contribution in [0.15, 0.2) is 77.4 Å². The molecule has 0 fully saturated rings. The molecule has 0 saturated carbocycles. The topological polar surface area (TPSA) is 60.4 Å². The lowest BCUT2D eigenvalue weighted by Gasteiger charge is -2.19. The highest BCUT2D eigenvalue weighted by atomic mass is 16.7. The zero-order valence-corrected chi connectivity index (χ0v) is 17.2. The molecule has 31 heavy (non-hydrogen) atoms. The van der Waals surface area contributed by atoms with Gasteiger partial charge in [-0.3, -0.25) is 9.69 Å². The summed E-state index contributed by atoms with van der Waals surface area (Å²) in [6.45, 7) is 2.22. The second-order valence-electron chi connectivity index (χ2n) is 7.29. The summed E-state index contributed by atoms with van der Waals surface area (Å²) in [5.74, 6) is 2.48. The number of fused-ring (bicyclic) bond motifs is 1. The Morgan fingerprint density at radius 2 is 1.81 bits per heavy atom. The first-order chi connectivity index (χ1) is 15.1. The monoisotopic (exact) mass is 412 g/mol. The molecule has 2 heterocycles. The van der Waals surface area contributed by atoms with Gasteiger partial charge >= 0.3 is 0 Å². The Balaban J connectivity index is 1.58. The Hall–Kier alpha value is -4.06. The zero-order valence-electron chi connectivity index (χ0n) is 17.2. The smallest absolute Gasteiger partial charge is 0.282 e. The Morgan fingerprint density at radius 1 is 1.00 bits per heavy atom. The van der Waals surface area contributed by atoms with E-state index in [1.54, 1.807) is 18.1 Å². The van der Waals surface area contributed by atoms with Crippen LogP contribution >= 0.6 is 0 Å². The lowest BCUT2D eigenvalue weighted by Crippen LogP contribution is -2.32. The number of amidine groups is 1. The van der Waals surface area contributed by atoms with Crippen molar-refractivity contribution < 1.29 is 19.0 Å². The van der Waals surface area contributed by atoms with Crippen molar-refractivity contribution in [3.05, 3.63) is 89.1 Å². The number of carbonyl (C=O) groups excluding carboxylic acids is 1. The van der Waals surface area contributed by atoms with Crippen LogP contribution in [0.1, 0.15) is 16.7 Å². The molecule has 0 atom stereocenters. The maximum atomic E-state index is 13.4. The first kappa shape index (κ1) is 18.9. The summed E-state index contributed by atoms with van der Waals surface area (Å²) in [4.78, 5) is 19.8. The van der Waals surface area contributed by atoms with Gasteiger partial charge in [-0.15, -0.1) is 0 Å². The molecule has 3 aromatic carbocycles. The predicted molar refractivity (Wildman–Crippen MR) is 119 cm³/mol. The van der Waals surface area contributed by atoms with Gasteiger partial charge < -0.3 is 14.2 Å². The molecule has 0 aromatic heterocycles. The van der Waals surface area contributed by atoms with Gasteiger partial charge in [0, 0.05) is 5.56 Å². The summed E-state index contributed by atoms with van der Waals surface area (Å²) < 4.78 is 16.1. The largest absolute Gasteiger partial charge is 0.497 e. The molecular formula is C25H20N2O4. The van der Waals surface area contributed by atoms with Gasteiger partial charge in [0.2, 0.25) is 6.79 Å². The molecule has 1 amide bonds. The molecule has 0 aliphatic carbocycles. The minimum Gasteiger partial charge on any atom is -0.497 e. The number of anilines is 1. The molecule has 6 heteroatoms. The van der Waals surface area contributed by atoms with E-state index in [-0.39, 0.29) is 12.7 Å². The van der Waals surface area contributed by atoms with Gasteiger partial charge in [0.15, 0.2) is 11.5 Å². The highest BCUT2D eigenvalue weighted by Gasteiger charge is 2.32. The number of nitrogens with zero attached hydrogens (tertiary/aromatic N) is 2. The van der Waals surface area contributed by atoms with Crippen molar-refractivity contribution in [2.24, 2.45) is 4.99 Å². The van der Waals surface area contributed by atoms with Crippen molar-refractivity contribution in [1.29, 1.82) is 0 Å². The van der Waals surface area contributed by atoms with Gasteiger partial charge in [-0.25, -0.2) is 4.99 Å². The van der Waals surface area contributed by atoms with Crippen molar-refractivity contribution in [3.8, 4) is 17.2 Å². The van der Waals surface area contributed by atoms with Gasteiger partial charge in [-0.2, -0.15) is 0 Å². The number of hydrogen-bond donors (Lipinski definition) is 0. The molecule has 3 aromatic rings. The predicted octanol–water partition coefficient (Wildman–Crippen LogP) is 4.57. The first-order valence-corrected chi connectivity index (χ1v) is 9.88. The summed E-state index contributed by atoms with van der Waals surface area (Å²) in [7, 11) is 1.61. The van der Waals surface area contributed by atoms with E-state index in [2.05, 4.69) is 0 Å².